The maximum atomic E-state index is 12.7. The Hall–Kier alpha value is -1.17. The van der Waals surface area contributed by atoms with Crippen LogP contribution in [-0.2, 0) is 4.74 Å². The number of aliphatic hydroxyl groups is 1. The molecule has 0 aliphatic carbocycles. The first kappa shape index (κ1) is 15.2. The fourth-order valence-corrected chi connectivity index (χ4v) is 2.51. The second kappa shape index (κ2) is 7.02. The second-order valence-corrected chi connectivity index (χ2v) is 5.39. The van der Waals surface area contributed by atoms with Crippen LogP contribution in [0.2, 0.25) is 0 Å². The van der Waals surface area contributed by atoms with Gasteiger partial charge in [-0.1, -0.05) is 0 Å². The summed E-state index contributed by atoms with van der Waals surface area (Å²) in [6.07, 6.45) is -0.203. The molecule has 20 heavy (non-hydrogen) atoms. The molecule has 4 nitrogen and oxygen atoms in total. The summed E-state index contributed by atoms with van der Waals surface area (Å²) >= 11 is 0. The lowest BCUT2D eigenvalue weighted by molar-refractivity contribution is -0.0786. The molecule has 3 atom stereocenters. The molecule has 2 rings (SSSR count). The van der Waals surface area contributed by atoms with Crippen molar-refractivity contribution in [2.24, 2.45) is 0 Å². The Bertz CT molecular complexity index is 402. The molecule has 0 saturated carbocycles. The van der Waals surface area contributed by atoms with E-state index < -0.39 is 6.10 Å². The topological polar surface area (TPSA) is 41.9 Å². The average Bonchev–Trinajstić information content (AvgIpc) is 2.37. The van der Waals surface area contributed by atoms with E-state index in [0.717, 1.165) is 13.1 Å². The van der Waals surface area contributed by atoms with Gasteiger partial charge in [0, 0.05) is 19.6 Å². The monoisotopic (exact) mass is 283 g/mol. The first-order valence-corrected chi connectivity index (χ1v) is 6.97. The molecule has 1 aliphatic heterocycles. The first-order valence-electron chi connectivity index (χ1n) is 6.97. The van der Waals surface area contributed by atoms with E-state index in [9.17, 15) is 9.50 Å². The van der Waals surface area contributed by atoms with Crippen LogP contribution in [0.5, 0.6) is 5.75 Å². The van der Waals surface area contributed by atoms with Crippen molar-refractivity contribution in [3.8, 4) is 5.75 Å². The molecular formula is C15H22FNO3. The van der Waals surface area contributed by atoms with Gasteiger partial charge in [0.2, 0.25) is 0 Å². The lowest BCUT2D eigenvalue weighted by atomic mass is 10.2. The zero-order valence-corrected chi connectivity index (χ0v) is 12.0. The van der Waals surface area contributed by atoms with E-state index in [0.29, 0.717) is 12.3 Å². The Morgan fingerprint density at radius 3 is 2.50 bits per heavy atom. The van der Waals surface area contributed by atoms with E-state index in [1.54, 1.807) is 12.1 Å². The second-order valence-electron chi connectivity index (χ2n) is 5.39. The SMILES string of the molecule is CC1CN(CC(O)COc2ccc(F)cc2)CC(C)O1. The fourth-order valence-electron chi connectivity index (χ4n) is 2.51. The van der Waals surface area contributed by atoms with Gasteiger partial charge in [-0.05, 0) is 38.1 Å². The van der Waals surface area contributed by atoms with Gasteiger partial charge in [0.25, 0.3) is 0 Å². The quantitative estimate of drug-likeness (QED) is 0.892. The predicted octanol–water partition coefficient (Wildman–Crippen LogP) is 1.67. The molecule has 1 heterocycles. The Morgan fingerprint density at radius 1 is 1.30 bits per heavy atom. The summed E-state index contributed by atoms with van der Waals surface area (Å²) in [6.45, 7) is 6.45. The maximum Gasteiger partial charge on any atom is 0.123 e. The molecule has 112 valence electrons. The third kappa shape index (κ3) is 4.74. The van der Waals surface area contributed by atoms with Gasteiger partial charge in [0.1, 0.15) is 24.3 Å². The largest absolute Gasteiger partial charge is 0.491 e. The molecule has 0 aromatic heterocycles. The van der Waals surface area contributed by atoms with E-state index in [2.05, 4.69) is 4.90 Å². The molecule has 0 radical (unpaired) electrons. The lowest BCUT2D eigenvalue weighted by Crippen LogP contribution is -2.48. The van der Waals surface area contributed by atoms with Gasteiger partial charge in [-0.25, -0.2) is 4.39 Å². The van der Waals surface area contributed by atoms with Crippen LogP contribution < -0.4 is 4.74 Å². The third-order valence-corrected chi connectivity index (χ3v) is 3.22. The summed E-state index contributed by atoms with van der Waals surface area (Å²) in [5, 5.41) is 10.0. The van der Waals surface area contributed by atoms with Crippen LogP contribution in [0.25, 0.3) is 0 Å². The first-order chi connectivity index (χ1) is 9.52. The number of nitrogens with zero attached hydrogens (tertiary/aromatic N) is 1. The van der Waals surface area contributed by atoms with Crippen LogP contribution in [0.15, 0.2) is 24.3 Å². The minimum absolute atomic E-state index is 0.184. The van der Waals surface area contributed by atoms with E-state index in [1.165, 1.54) is 12.1 Å². The van der Waals surface area contributed by atoms with E-state index in [-0.39, 0.29) is 24.6 Å². The number of hydrogen-bond acceptors (Lipinski definition) is 4. The van der Waals surface area contributed by atoms with Crippen molar-refractivity contribution in [3.63, 3.8) is 0 Å². The highest BCUT2D eigenvalue weighted by Gasteiger charge is 2.23. The Balaban J connectivity index is 1.74. The number of morpholine rings is 1. The van der Waals surface area contributed by atoms with Crippen LogP contribution >= 0.6 is 0 Å². The fraction of sp³-hybridized carbons (Fsp3) is 0.600. The smallest absolute Gasteiger partial charge is 0.123 e. The Morgan fingerprint density at radius 2 is 1.90 bits per heavy atom. The van der Waals surface area contributed by atoms with Crippen molar-refractivity contribution in [2.75, 3.05) is 26.2 Å². The molecule has 1 N–H and O–H groups in total. The highest BCUT2D eigenvalue weighted by molar-refractivity contribution is 5.22. The van der Waals surface area contributed by atoms with Crippen molar-refractivity contribution in [3.05, 3.63) is 30.1 Å². The standard InChI is InChI=1S/C15H22FNO3/c1-11-7-17(8-12(2)20-11)9-14(18)10-19-15-5-3-13(16)4-6-15/h3-6,11-12,14,18H,7-10H2,1-2H3. The maximum absolute atomic E-state index is 12.7. The summed E-state index contributed by atoms with van der Waals surface area (Å²) in [4.78, 5) is 2.18. The Labute approximate surface area is 119 Å². The molecule has 0 amide bonds. The summed E-state index contributed by atoms with van der Waals surface area (Å²) < 4.78 is 23.8. The van der Waals surface area contributed by atoms with Crippen molar-refractivity contribution in [2.45, 2.75) is 32.2 Å². The number of rotatable bonds is 5. The molecule has 3 unspecified atom stereocenters. The minimum atomic E-state index is -0.572. The van der Waals surface area contributed by atoms with E-state index in [4.69, 9.17) is 9.47 Å². The van der Waals surface area contributed by atoms with Crippen LogP contribution in [0.4, 0.5) is 4.39 Å². The summed E-state index contributed by atoms with van der Waals surface area (Å²) in [5.74, 6) is 0.267. The number of β-amino-alcohol motifs (C(OH)–C–C–N with tert-alkyl or cyclic N) is 1. The highest BCUT2D eigenvalue weighted by Crippen LogP contribution is 2.13. The molecular weight excluding hydrogens is 261 g/mol. The van der Waals surface area contributed by atoms with Gasteiger partial charge in [-0.3, -0.25) is 4.90 Å². The number of ether oxygens (including phenoxy) is 2. The van der Waals surface area contributed by atoms with Gasteiger partial charge in [0.05, 0.1) is 12.2 Å². The van der Waals surface area contributed by atoms with Crippen LogP contribution in [-0.4, -0.2) is 54.6 Å². The highest BCUT2D eigenvalue weighted by atomic mass is 19.1. The summed E-state index contributed by atoms with van der Waals surface area (Å²) in [6, 6.07) is 5.79. The number of halogens is 1. The average molecular weight is 283 g/mol. The van der Waals surface area contributed by atoms with Crippen LogP contribution in [0.1, 0.15) is 13.8 Å². The van der Waals surface area contributed by atoms with Crippen LogP contribution in [0, 0.1) is 5.82 Å². The normalized spacial score (nSPS) is 25.4. The van der Waals surface area contributed by atoms with Gasteiger partial charge in [-0.15, -0.1) is 0 Å². The van der Waals surface area contributed by atoms with E-state index >= 15 is 0 Å². The van der Waals surface area contributed by atoms with Crippen molar-refractivity contribution in [1.82, 2.24) is 4.90 Å². The molecule has 5 heteroatoms. The van der Waals surface area contributed by atoms with Crippen molar-refractivity contribution < 1.29 is 19.0 Å². The third-order valence-electron chi connectivity index (χ3n) is 3.22. The number of aliphatic hydroxyl groups excluding tert-OH is 1. The molecule has 1 aromatic rings. The van der Waals surface area contributed by atoms with Crippen molar-refractivity contribution in [1.29, 1.82) is 0 Å². The predicted molar refractivity (Wildman–Crippen MR) is 74.4 cm³/mol. The lowest BCUT2D eigenvalue weighted by Gasteiger charge is -2.36. The molecule has 1 aliphatic rings. The van der Waals surface area contributed by atoms with Crippen molar-refractivity contribution >= 4 is 0 Å². The Kier molecular flexibility index (Phi) is 5.34. The van der Waals surface area contributed by atoms with Gasteiger partial charge in [-0.2, -0.15) is 0 Å². The zero-order chi connectivity index (χ0) is 14.5. The molecule has 1 fully saturated rings. The molecule has 0 spiro atoms. The van der Waals surface area contributed by atoms with Crippen LogP contribution in [0.3, 0.4) is 0 Å². The molecule has 1 aromatic carbocycles. The molecule has 0 bridgehead atoms. The van der Waals surface area contributed by atoms with Gasteiger partial charge < -0.3 is 14.6 Å². The summed E-state index contributed by atoms with van der Waals surface area (Å²) in [5.41, 5.74) is 0. The molecule has 1 saturated heterocycles. The van der Waals surface area contributed by atoms with Gasteiger partial charge in [0.15, 0.2) is 0 Å². The van der Waals surface area contributed by atoms with E-state index in [1.807, 2.05) is 13.8 Å². The number of hydrogen-bond donors (Lipinski definition) is 1. The zero-order valence-electron chi connectivity index (χ0n) is 12.0. The number of benzene rings is 1. The minimum Gasteiger partial charge on any atom is -0.491 e. The van der Waals surface area contributed by atoms with Gasteiger partial charge >= 0.3 is 0 Å². The summed E-state index contributed by atoms with van der Waals surface area (Å²) in [7, 11) is 0.